The molecule has 4 aromatic carbocycles. The smallest absolute Gasteiger partial charge is 0.261 e. The van der Waals surface area contributed by atoms with E-state index in [-0.39, 0.29) is 36.8 Å². The van der Waals surface area contributed by atoms with E-state index in [0.29, 0.717) is 24.3 Å². The van der Waals surface area contributed by atoms with Crippen LogP contribution in [0.2, 0.25) is 0 Å². The molecule has 0 aromatic heterocycles. The summed E-state index contributed by atoms with van der Waals surface area (Å²) < 4.78 is 52.1. The Morgan fingerprint density at radius 3 is 2.11 bits per heavy atom. The van der Waals surface area contributed by atoms with Crippen molar-refractivity contribution in [3.05, 3.63) is 132 Å². The normalized spacial score (nSPS) is 14.3. The first-order valence-corrected chi connectivity index (χ1v) is 16.0. The molecule has 0 saturated carbocycles. The lowest BCUT2D eigenvalue weighted by molar-refractivity contribution is -0.143. The quantitative estimate of drug-likeness (QED) is 0.250. The lowest BCUT2D eigenvalue weighted by Gasteiger charge is -2.31. The average molecular weight is 632 g/mol. The minimum Gasteiger partial charge on any atom is -0.484 e. The van der Waals surface area contributed by atoms with Crippen LogP contribution in [-0.2, 0) is 37.4 Å². The summed E-state index contributed by atoms with van der Waals surface area (Å²) in [6.45, 7) is 1.08. The maximum Gasteiger partial charge on any atom is 0.261 e. The second kappa shape index (κ2) is 14.9. The number of nitrogens with zero attached hydrogens (tertiary/aromatic N) is 2. The Kier molecular flexibility index (Phi) is 10.6. The number of sulfonamides is 1. The zero-order valence-electron chi connectivity index (χ0n) is 24.5. The van der Waals surface area contributed by atoms with Gasteiger partial charge in [-0.1, -0.05) is 72.8 Å². The summed E-state index contributed by atoms with van der Waals surface area (Å²) in [7, 11) is -3.69. The highest BCUT2D eigenvalue weighted by molar-refractivity contribution is 7.89. The van der Waals surface area contributed by atoms with Crippen molar-refractivity contribution in [2.24, 2.45) is 0 Å². The molecule has 1 unspecified atom stereocenters. The van der Waals surface area contributed by atoms with Gasteiger partial charge in [-0.2, -0.15) is 4.31 Å². The zero-order valence-corrected chi connectivity index (χ0v) is 25.4. The van der Waals surface area contributed by atoms with Crippen LogP contribution in [0.1, 0.15) is 22.7 Å². The number of carbonyl (C=O) groups is 2. The summed E-state index contributed by atoms with van der Waals surface area (Å²) in [5.41, 5.74) is 2.12. The number of nitrogens with one attached hydrogen (secondary N) is 1. The first kappa shape index (κ1) is 31.8. The molecule has 234 valence electrons. The first-order valence-electron chi connectivity index (χ1n) is 14.5. The third kappa shape index (κ3) is 8.33. The van der Waals surface area contributed by atoms with Crippen LogP contribution in [0, 0.1) is 5.82 Å². The Balaban J connectivity index is 1.36. The zero-order chi connectivity index (χ0) is 31.6. The standard InChI is InChI=1S/C34H34FN3O6S/c35-29-13-11-27(12-14-29)24-38(33(28-9-5-2-6-10-28)34(40)36-23-26-7-3-1-4-8-26)32(39)25-44-30-15-17-31(18-16-30)45(41,42)37-19-21-43-22-20-37/h1-18,33H,19-25H2,(H,36,40). The summed E-state index contributed by atoms with van der Waals surface area (Å²) in [6.07, 6.45) is 0. The fraction of sp³-hybridized carbons (Fsp3) is 0.235. The molecule has 2 amide bonds. The van der Waals surface area contributed by atoms with Crippen LogP contribution in [0.15, 0.2) is 114 Å². The maximum atomic E-state index is 13.8. The van der Waals surface area contributed by atoms with Crippen molar-refractivity contribution >= 4 is 21.8 Å². The molecule has 0 bridgehead atoms. The van der Waals surface area contributed by atoms with Gasteiger partial charge in [0.05, 0.1) is 18.1 Å². The van der Waals surface area contributed by atoms with Crippen LogP contribution in [0.4, 0.5) is 4.39 Å². The molecule has 9 nitrogen and oxygen atoms in total. The van der Waals surface area contributed by atoms with E-state index in [1.165, 1.54) is 45.6 Å². The number of hydrogen-bond acceptors (Lipinski definition) is 6. The van der Waals surface area contributed by atoms with Crippen molar-refractivity contribution in [1.29, 1.82) is 0 Å². The number of morpholine rings is 1. The predicted molar refractivity (Wildman–Crippen MR) is 166 cm³/mol. The highest BCUT2D eigenvalue weighted by Gasteiger charge is 2.32. The number of ether oxygens (including phenoxy) is 2. The molecule has 0 spiro atoms. The molecule has 1 aliphatic heterocycles. The molecule has 1 aliphatic rings. The molecule has 1 N–H and O–H groups in total. The van der Waals surface area contributed by atoms with Crippen LogP contribution >= 0.6 is 0 Å². The molecule has 1 heterocycles. The first-order chi connectivity index (χ1) is 21.8. The number of amides is 2. The lowest BCUT2D eigenvalue weighted by Crippen LogP contribution is -2.45. The van der Waals surface area contributed by atoms with Gasteiger partial charge in [0.2, 0.25) is 15.9 Å². The molecule has 4 aromatic rings. The Bertz CT molecular complexity index is 1670. The van der Waals surface area contributed by atoms with Gasteiger partial charge in [-0.3, -0.25) is 9.59 Å². The molecule has 45 heavy (non-hydrogen) atoms. The summed E-state index contributed by atoms with van der Waals surface area (Å²) in [6, 6.07) is 28.9. The lowest BCUT2D eigenvalue weighted by atomic mass is 10.0. The van der Waals surface area contributed by atoms with Gasteiger partial charge in [-0.15, -0.1) is 0 Å². The van der Waals surface area contributed by atoms with Gasteiger partial charge in [0.25, 0.3) is 5.91 Å². The van der Waals surface area contributed by atoms with Crippen LogP contribution < -0.4 is 10.1 Å². The number of halogens is 1. The van der Waals surface area contributed by atoms with E-state index in [4.69, 9.17) is 9.47 Å². The number of rotatable bonds is 12. The van der Waals surface area contributed by atoms with Crippen molar-refractivity contribution < 1.29 is 31.9 Å². The van der Waals surface area contributed by atoms with Crippen molar-refractivity contribution in [3.63, 3.8) is 0 Å². The minimum absolute atomic E-state index is 0.0114. The van der Waals surface area contributed by atoms with Gasteiger partial charge in [-0.25, -0.2) is 12.8 Å². The maximum absolute atomic E-state index is 13.8. The highest BCUT2D eigenvalue weighted by atomic mass is 32.2. The SMILES string of the molecule is O=C(NCc1ccccc1)C(c1ccccc1)N(Cc1ccc(F)cc1)C(=O)COc1ccc(S(=O)(=O)N2CCOCC2)cc1. The van der Waals surface area contributed by atoms with Crippen LogP contribution in [-0.4, -0.2) is 62.3 Å². The van der Waals surface area contributed by atoms with E-state index in [9.17, 15) is 22.4 Å². The van der Waals surface area contributed by atoms with Crippen LogP contribution in [0.25, 0.3) is 0 Å². The summed E-state index contributed by atoms with van der Waals surface area (Å²) in [5.74, 6) is -1.01. The van der Waals surface area contributed by atoms with Crippen LogP contribution in [0.5, 0.6) is 5.75 Å². The summed E-state index contributed by atoms with van der Waals surface area (Å²) in [4.78, 5) is 29.1. The Morgan fingerprint density at radius 2 is 1.47 bits per heavy atom. The molecule has 0 radical (unpaired) electrons. The van der Waals surface area contributed by atoms with E-state index in [1.54, 1.807) is 36.4 Å². The van der Waals surface area contributed by atoms with E-state index in [0.717, 1.165) is 5.56 Å². The summed E-state index contributed by atoms with van der Waals surface area (Å²) in [5, 5.41) is 2.95. The van der Waals surface area contributed by atoms with Gasteiger partial charge < -0.3 is 19.7 Å². The fourth-order valence-electron chi connectivity index (χ4n) is 4.97. The molecular formula is C34H34FN3O6S. The molecule has 1 saturated heterocycles. The third-order valence-electron chi connectivity index (χ3n) is 7.37. The Labute approximate surface area is 262 Å². The van der Waals surface area contributed by atoms with Gasteiger partial charge >= 0.3 is 0 Å². The van der Waals surface area contributed by atoms with Crippen molar-refractivity contribution in [3.8, 4) is 5.75 Å². The average Bonchev–Trinajstić information content (AvgIpc) is 3.08. The fourth-order valence-corrected chi connectivity index (χ4v) is 6.38. The molecule has 5 rings (SSSR count). The molecule has 0 aliphatic carbocycles. The van der Waals surface area contributed by atoms with E-state index in [1.807, 2.05) is 36.4 Å². The summed E-state index contributed by atoms with van der Waals surface area (Å²) >= 11 is 0. The monoisotopic (exact) mass is 631 g/mol. The molecule has 11 heteroatoms. The largest absolute Gasteiger partial charge is 0.484 e. The van der Waals surface area contributed by atoms with Crippen molar-refractivity contribution in [1.82, 2.24) is 14.5 Å². The van der Waals surface area contributed by atoms with Gasteiger partial charge in [0, 0.05) is 26.2 Å². The minimum atomic E-state index is -3.69. The predicted octanol–water partition coefficient (Wildman–Crippen LogP) is 4.31. The topological polar surface area (TPSA) is 105 Å². The number of benzene rings is 4. The van der Waals surface area contributed by atoms with Crippen LogP contribution in [0.3, 0.4) is 0 Å². The Hall–Kier alpha value is -4.58. The molecule has 1 fully saturated rings. The molecule has 1 atom stereocenters. The second-order valence-electron chi connectivity index (χ2n) is 10.4. The molecular weight excluding hydrogens is 597 g/mol. The number of hydrogen-bond donors (Lipinski definition) is 1. The third-order valence-corrected chi connectivity index (χ3v) is 9.28. The van der Waals surface area contributed by atoms with Crippen molar-refractivity contribution in [2.75, 3.05) is 32.9 Å². The van der Waals surface area contributed by atoms with Crippen molar-refractivity contribution in [2.45, 2.75) is 24.0 Å². The van der Waals surface area contributed by atoms with E-state index < -0.39 is 40.3 Å². The number of carbonyl (C=O) groups excluding carboxylic acids is 2. The Morgan fingerprint density at radius 1 is 0.844 bits per heavy atom. The second-order valence-corrected chi connectivity index (χ2v) is 12.4. The van der Waals surface area contributed by atoms with E-state index >= 15 is 0 Å². The van der Waals surface area contributed by atoms with Gasteiger partial charge in [0.15, 0.2) is 6.61 Å². The van der Waals surface area contributed by atoms with E-state index in [2.05, 4.69) is 5.32 Å². The van der Waals surface area contributed by atoms with Gasteiger partial charge in [-0.05, 0) is 53.1 Å². The highest BCUT2D eigenvalue weighted by Crippen LogP contribution is 2.26. The van der Waals surface area contributed by atoms with Gasteiger partial charge in [0.1, 0.15) is 17.6 Å².